The lowest BCUT2D eigenvalue weighted by Gasteiger charge is -2.32. The standard InChI is InChI=1S/C13H22Cl2O2/c1-5-6-7-9-8-10(16)13(14,15)11(9)17-12(2,3)4/h9,11H,5-8H2,1-4H3/t9-,11-/m0/s1. The van der Waals surface area contributed by atoms with Gasteiger partial charge in [0.25, 0.3) is 0 Å². The van der Waals surface area contributed by atoms with Crippen LogP contribution in [0.15, 0.2) is 0 Å². The molecule has 0 amide bonds. The zero-order valence-corrected chi connectivity index (χ0v) is 12.6. The normalized spacial score (nSPS) is 28.7. The first-order chi connectivity index (χ1) is 7.68. The quantitative estimate of drug-likeness (QED) is 0.724. The van der Waals surface area contributed by atoms with Crippen molar-refractivity contribution in [3.63, 3.8) is 0 Å². The van der Waals surface area contributed by atoms with Crippen LogP contribution < -0.4 is 0 Å². The zero-order chi connectivity index (χ0) is 13.3. The number of carbonyl (C=O) groups is 1. The average Bonchev–Trinajstić information content (AvgIpc) is 2.37. The highest BCUT2D eigenvalue weighted by atomic mass is 35.5. The molecule has 0 radical (unpaired) electrons. The number of rotatable bonds is 4. The van der Waals surface area contributed by atoms with E-state index in [0.717, 1.165) is 19.3 Å². The number of hydrogen-bond acceptors (Lipinski definition) is 2. The maximum atomic E-state index is 11.8. The third-order valence-electron chi connectivity index (χ3n) is 3.01. The molecule has 0 aliphatic heterocycles. The molecule has 0 unspecified atom stereocenters. The summed E-state index contributed by atoms with van der Waals surface area (Å²) in [6.07, 6.45) is 3.18. The van der Waals surface area contributed by atoms with E-state index in [4.69, 9.17) is 27.9 Å². The Hall–Kier alpha value is 0.210. The van der Waals surface area contributed by atoms with Crippen LogP contribution in [0.1, 0.15) is 53.4 Å². The molecule has 0 N–H and O–H groups in total. The Labute approximate surface area is 114 Å². The molecule has 0 heterocycles. The Kier molecular flexibility index (Phi) is 4.90. The summed E-state index contributed by atoms with van der Waals surface area (Å²) in [4.78, 5) is 11.8. The summed E-state index contributed by atoms with van der Waals surface area (Å²) in [6.45, 7) is 7.99. The van der Waals surface area contributed by atoms with Crippen LogP contribution in [0.2, 0.25) is 0 Å². The van der Waals surface area contributed by atoms with E-state index in [1.165, 1.54) is 0 Å². The smallest absolute Gasteiger partial charge is 0.201 e. The Morgan fingerprint density at radius 1 is 1.41 bits per heavy atom. The molecule has 0 spiro atoms. The van der Waals surface area contributed by atoms with Gasteiger partial charge in [0, 0.05) is 6.42 Å². The SMILES string of the molecule is CCCC[C@H]1CC(=O)C(Cl)(Cl)[C@H]1OC(C)(C)C. The minimum absolute atomic E-state index is 0.101. The third kappa shape index (κ3) is 3.84. The largest absolute Gasteiger partial charge is 0.369 e. The van der Waals surface area contributed by atoms with Gasteiger partial charge in [0.15, 0.2) is 5.78 Å². The predicted molar refractivity (Wildman–Crippen MR) is 71.7 cm³/mol. The number of ether oxygens (including phenoxy) is 1. The summed E-state index contributed by atoms with van der Waals surface area (Å²) < 4.78 is 4.54. The molecular weight excluding hydrogens is 259 g/mol. The molecule has 2 atom stereocenters. The first-order valence-corrected chi connectivity index (χ1v) is 7.03. The molecule has 1 aliphatic rings. The van der Waals surface area contributed by atoms with Crippen molar-refractivity contribution in [1.29, 1.82) is 0 Å². The fraction of sp³-hybridized carbons (Fsp3) is 0.923. The van der Waals surface area contributed by atoms with Gasteiger partial charge in [-0.1, -0.05) is 43.0 Å². The number of Topliss-reactive ketones (excluding diaryl/α,β-unsaturated/α-hetero) is 1. The zero-order valence-electron chi connectivity index (χ0n) is 11.1. The predicted octanol–water partition coefficient (Wildman–Crippen LogP) is 4.12. The fourth-order valence-electron chi connectivity index (χ4n) is 2.21. The van der Waals surface area contributed by atoms with Gasteiger partial charge in [-0.25, -0.2) is 0 Å². The van der Waals surface area contributed by atoms with Gasteiger partial charge in [0.05, 0.1) is 5.60 Å². The first kappa shape index (κ1) is 15.3. The molecule has 100 valence electrons. The molecule has 1 fully saturated rings. The number of hydrogen-bond donors (Lipinski definition) is 0. The van der Waals surface area contributed by atoms with Crippen molar-refractivity contribution < 1.29 is 9.53 Å². The second kappa shape index (κ2) is 5.46. The summed E-state index contributed by atoms with van der Waals surface area (Å²) in [6, 6.07) is 0. The third-order valence-corrected chi connectivity index (χ3v) is 3.87. The van der Waals surface area contributed by atoms with E-state index >= 15 is 0 Å². The average molecular weight is 281 g/mol. The molecule has 0 aromatic rings. The lowest BCUT2D eigenvalue weighted by Crippen LogP contribution is -2.41. The summed E-state index contributed by atoms with van der Waals surface area (Å²) in [5, 5.41) is 0. The number of halogens is 2. The second-order valence-electron chi connectivity index (χ2n) is 5.80. The summed E-state index contributed by atoms with van der Waals surface area (Å²) in [5.74, 6) is 0.0489. The molecule has 17 heavy (non-hydrogen) atoms. The highest BCUT2D eigenvalue weighted by Gasteiger charge is 2.54. The maximum Gasteiger partial charge on any atom is 0.201 e. The van der Waals surface area contributed by atoms with Crippen LogP contribution in [0.5, 0.6) is 0 Å². The second-order valence-corrected chi connectivity index (χ2v) is 7.19. The van der Waals surface area contributed by atoms with Crippen molar-refractivity contribution in [1.82, 2.24) is 0 Å². The molecule has 2 nitrogen and oxygen atoms in total. The van der Waals surface area contributed by atoms with E-state index in [9.17, 15) is 4.79 Å². The lowest BCUT2D eigenvalue weighted by molar-refractivity contribution is -0.120. The number of ketones is 1. The monoisotopic (exact) mass is 280 g/mol. The first-order valence-electron chi connectivity index (χ1n) is 6.27. The van der Waals surface area contributed by atoms with Crippen molar-refractivity contribution >= 4 is 29.0 Å². The minimum atomic E-state index is -1.37. The van der Waals surface area contributed by atoms with Crippen LogP contribution in [0.3, 0.4) is 0 Å². The van der Waals surface area contributed by atoms with Crippen molar-refractivity contribution in [2.45, 2.75) is 69.4 Å². The van der Waals surface area contributed by atoms with Gasteiger partial charge in [-0.2, -0.15) is 0 Å². The minimum Gasteiger partial charge on any atom is -0.369 e. The molecule has 0 aromatic heterocycles. The number of carbonyl (C=O) groups excluding carboxylic acids is 1. The molecule has 1 saturated carbocycles. The molecule has 4 heteroatoms. The number of unbranched alkanes of at least 4 members (excludes halogenated alkanes) is 1. The lowest BCUT2D eigenvalue weighted by atomic mass is 9.98. The van der Waals surface area contributed by atoms with Gasteiger partial charge in [0.2, 0.25) is 4.33 Å². The molecule has 0 aromatic carbocycles. The van der Waals surface area contributed by atoms with E-state index in [1.54, 1.807) is 0 Å². The maximum absolute atomic E-state index is 11.8. The van der Waals surface area contributed by atoms with Gasteiger partial charge in [-0.3, -0.25) is 4.79 Å². The van der Waals surface area contributed by atoms with E-state index in [0.29, 0.717) is 6.42 Å². The summed E-state index contributed by atoms with van der Waals surface area (Å²) >= 11 is 12.3. The van der Waals surface area contributed by atoms with Gasteiger partial charge in [0.1, 0.15) is 6.10 Å². The fourth-order valence-corrected chi connectivity index (χ4v) is 2.81. The van der Waals surface area contributed by atoms with Crippen molar-refractivity contribution in [3.8, 4) is 0 Å². The van der Waals surface area contributed by atoms with Crippen molar-refractivity contribution in [2.24, 2.45) is 5.92 Å². The van der Waals surface area contributed by atoms with Gasteiger partial charge in [-0.05, 0) is 33.1 Å². The van der Waals surface area contributed by atoms with E-state index in [-0.39, 0.29) is 23.4 Å². The molecular formula is C13H22Cl2O2. The van der Waals surface area contributed by atoms with E-state index < -0.39 is 4.33 Å². The Balaban J connectivity index is 2.80. The van der Waals surface area contributed by atoms with Crippen molar-refractivity contribution in [2.75, 3.05) is 0 Å². The molecule has 0 saturated heterocycles. The van der Waals surface area contributed by atoms with Crippen LogP contribution in [0, 0.1) is 5.92 Å². The van der Waals surface area contributed by atoms with E-state index in [1.807, 2.05) is 20.8 Å². The summed E-state index contributed by atoms with van der Waals surface area (Å²) in [5.41, 5.74) is -0.339. The molecule has 0 bridgehead atoms. The topological polar surface area (TPSA) is 26.3 Å². The van der Waals surface area contributed by atoms with Crippen LogP contribution in [0.25, 0.3) is 0 Å². The van der Waals surface area contributed by atoms with Gasteiger partial charge < -0.3 is 4.74 Å². The Bertz CT molecular complexity index is 282. The highest BCUT2D eigenvalue weighted by molar-refractivity contribution is 6.59. The number of alkyl halides is 2. The van der Waals surface area contributed by atoms with Crippen LogP contribution in [-0.2, 0) is 9.53 Å². The van der Waals surface area contributed by atoms with Crippen LogP contribution in [-0.4, -0.2) is 21.8 Å². The van der Waals surface area contributed by atoms with Gasteiger partial charge in [-0.15, -0.1) is 0 Å². The van der Waals surface area contributed by atoms with E-state index in [2.05, 4.69) is 6.92 Å². The Morgan fingerprint density at radius 3 is 2.47 bits per heavy atom. The molecule has 1 rings (SSSR count). The van der Waals surface area contributed by atoms with Crippen molar-refractivity contribution in [3.05, 3.63) is 0 Å². The van der Waals surface area contributed by atoms with Gasteiger partial charge >= 0.3 is 0 Å². The van der Waals surface area contributed by atoms with Crippen LogP contribution in [0.4, 0.5) is 0 Å². The highest BCUT2D eigenvalue weighted by Crippen LogP contribution is 2.45. The summed E-state index contributed by atoms with van der Waals surface area (Å²) in [7, 11) is 0. The van der Waals surface area contributed by atoms with Crippen LogP contribution >= 0.6 is 23.2 Å². The molecule has 1 aliphatic carbocycles. The Morgan fingerprint density at radius 2 is 2.00 bits per heavy atom.